The number of aliphatic hydroxyl groups excluding tert-OH is 1. The maximum Gasteiger partial charge on any atom is 0.335 e. The van der Waals surface area contributed by atoms with Crippen LogP contribution >= 0.6 is 0 Å². The Morgan fingerprint density at radius 1 is 0.893 bits per heavy atom. The van der Waals surface area contributed by atoms with Gasteiger partial charge < -0.3 is 15.5 Å². The summed E-state index contributed by atoms with van der Waals surface area (Å²) in [4.78, 5) is 11.0. The lowest BCUT2D eigenvalue weighted by Gasteiger charge is -2.17. The molecule has 0 saturated heterocycles. The molecule has 28 heavy (non-hydrogen) atoms. The number of benzene rings is 3. The standard InChI is InChI=1S/C24H25NO3/c1-17(25-16-23(26)21-5-3-2-4-6-21)15-18-7-9-19(10-8-18)20-11-13-22(14-12-20)24(27)28/h2-14,17,23,25-26H,15-16H2,1H3,(H,27,28)/t17-,23+/m1/s1. The number of hydrogen-bond donors (Lipinski definition) is 3. The largest absolute Gasteiger partial charge is 0.478 e. The summed E-state index contributed by atoms with van der Waals surface area (Å²) in [6.45, 7) is 2.62. The van der Waals surface area contributed by atoms with E-state index in [1.165, 1.54) is 5.56 Å². The van der Waals surface area contributed by atoms with Crippen molar-refractivity contribution in [1.82, 2.24) is 5.32 Å². The number of rotatable bonds is 8. The molecule has 0 radical (unpaired) electrons. The van der Waals surface area contributed by atoms with Crippen molar-refractivity contribution in [3.8, 4) is 11.1 Å². The number of hydrogen-bond acceptors (Lipinski definition) is 3. The Labute approximate surface area is 165 Å². The Morgan fingerprint density at radius 2 is 1.46 bits per heavy atom. The zero-order valence-electron chi connectivity index (χ0n) is 15.9. The van der Waals surface area contributed by atoms with Gasteiger partial charge in [0.05, 0.1) is 11.7 Å². The Bertz CT molecular complexity index is 889. The van der Waals surface area contributed by atoms with Gasteiger partial charge >= 0.3 is 5.97 Å². The Balaban J connectivity index is 1.54. The van der Waals surface area contributed by atoms with Crippen LogP contribution in [0.1, 0.15) is 34.5 Å². The summed E-state index contributed by atoms with van der Waals surface area (Å²) >= 11 is 0. The predicted octanol–water partition coefficient (Wildman–Crippen LogP) is 4.31. The summed E-state index contributed by atoms with van der Waals surface area (Å²) in [5.41, 5.74) is 4.47. The van der Waals surface area contributed by atoms with Gasteiger partial charge in [-0.05, 0) is 47.7 Å². The van der Waals surface area contributed by atoms with Crippen LogP contribution in [0.15, 0.2) is 78.9 Å². The molecule has 3 N–H and O–H groups in total. The number of aromatic carboxylic acids is 1. The van der Waals surface area contributed by atoms with Gasteiger partial charge in [0.15, 0.2) is 0 Å². The van der Waals surface area contributed by atoms with Crippen LogP contribution in [0.3, 0.4) is 0 Å². The molecule has 0 aliphatic carbocycles. The quantitative estimate of drug-likeness (QED) is 0.549. The summed E-state index contributed by atoms with van der Waals surface area (Å²) in [6, 6.07) is 25.1. The molecule has 3 rings (SSSR count). The van der Waals surface area contributed by atoms with Crippen molar-refractivity contribution in [3.05, 3.63) is 95.6 Å². The number of carboxylic acids is 1. The first-order valence-electron chi connectivity index (χ1n) is 9.42. The highest BCUT2D eigenvalue weighted by atomic mass is 16.4. The van der Waals surface area contributed by atoms with Crippen LogP contribution in [0.4, 0.5) is 0 Å². The van der Waals surface area contributed by atoms with E-state index in [1.807, 2.05) is 42.5 Å². The van der Waals surface area contributed by atoms with E-state index in [4.69, 9.17) is 5.11 Å². The third kappa shape index (κ3) is 5.28. The molecule has 3 aromatic rings. The first kappa shape index (κ1) is 19.8. The van der Waals surface area contributed by atoms with Crippen LogP contribution in [0.25, 0.3) is 11.1 Å². The molecule has 0 bridgehead atoms. The summed E-state index contributed by atoms with van der Waals surface area (Å²) in [6.07, 6.45) is 0.347. The fourth-order valence-corrected chi connectivity index (χ4v) is 3.17. The van der Waals surface area contributed by atoms with Gasteiger partial charge in [-0.25, -0.2) is 4.79 Å². The molecular weight excluding hydrogens is 350 g/mol. The minimum Gasteiger partial charge on any atom is -0.478 e. The van der Waals surface area contributed by atoms with Crippen LogP contribution in [-0.2, 0) is 6.42 Å². The summed E-state index contributed by atoms with van der Waals surface area (Å²) in [5, 5.41) is 22.6. The van der Waals surface area contributed by atoms with Gasteiger partial charge in [-0.2, -0.15) is 0 Å². The molecule has 0 amide bonds. The molecule has 3 aromatic carbocycles. The van der Waals surface area contributed by atoms with Crippen molar-refractivity contribution < 1.29 is 15.0 Å². The summed E-state index contributed by atoms with van der Waals surface area (Å²) in [7, 11) is 0. The smallest absolute Gasteiger partial charge is 0.335 e. The molecule has 144 valence electrons. The number of carbonyl (C=O) groups is 1. The molecule has 0 unspecified atom stereocenters. The lowest BCUT2D eigenvalue weighted by Crippen LogP contribution is -2.32. The predicted molar refractivity (Wildman–Crippen MR) is 111 cm³/mol. The maximum absolute atomic E-state index is 11.0. The van der Waals surface area contributed by atoms with Crippen LogP contribution in [0.2, 0.25) is 0 Å². The zero-order valence-corrected chi connectivity index (χ0v) is 15.9. The summed E-state index contributed by atoms with van der Waals surface area (Å²) < 4.78 is 0. The first-order valence-corrected chi connectivity index (χ1v) is 9.42. The highest BCUT2D eigenvalue weighted by Gasteiger charge is 2.10. The Kier molecular flexibility index (Phi) is 6.58. The molecule has 4 heteroatoms. The molecule has 0 aliphatic heterocycles. The second kappa shape index (κ2) is 9.31. The minimum atomic E-state index is -0.916. The molecule has 0 aromatic heterocycles. The average Bonchev–Trinajstić information content (AvgIpc) is 2.73. The lowest BCUT2D eigenvalue weighted by molar-refractivity contribution is 0.0697. The van der Waals surface area contributed by atoms with E-state index in [0.717, 1.165) is 23.1 Å². The van der Waals surface area contributed by atoms with Crippen molar-refractivity contribution in [1.29, 1.82) is 0 Å². The highest BCUT2D eigenvalue weighted by molar-refractivity contribution is 5.88. The molecule has 2 atom stereocenters. The van der Waals surface area contributed by atoms with Crippen LogP contribution in [0, 0.1) is 0 Å². The third-order valence-corrected chi connectivity index (χ3v) is 4.81. The molecule has 4 nitrogen and oxygen atoms in total. The van der Waals surface area contributed by atoms with Gasteiger partial charge in [-0.3, -0.25) is 0 Å². The van der Waals surface area contributed by atoms with E-state index in [0.29, 0.717) is 6.54 Å². The minimum absolute atomic E-state index is 0.235. The molecule has 0 fully saturated rings. The summed E-state index contributed by atoms with van der Waals surface area (Å²) in [5.74, 6) is -0.916. The first-order chi connectivity index (χ1) is 13.5. The van der Waals surface area contributed by atoms with Gasteiger partial charge in [-0.1, -0.05) is 66.7 Å². The number of nitrogens with one attached hydrogen (secondary N) is 1. The number of aliphatic hydroxyl groups is 1. The van der Waals surface area contributed by atoms with E-state index in [1.54, 1.807) is 12.1 Å². The highest BCUT2D eigenvalue weighted by Crippen LogP contribution is 2.21. The normalized spacial score (nSPS) is 13.1. The monoisotopic (exact) mass is 375 g/mol. The SMILES string of the molecule is C[C@H](Cc1ccc(-c2ccc(C(=O)O)cc2)cc1)NC[C@H](O)c1ccccc1. The van der Waals surface area contributed by atoms with Gasteiger partial charge in [0.25, 0.3) is 0 Å². The van der Waals surface area contributed by atoms with E-state index in [9.17, 15) is 9.90 Å². The van der Waals surface area contributed by atoms with Crippen molar-refractivity contribution in [2.75, 3.05) is 6.54 Å². The van der Waals surface area contributed by atoms with E-state index < -0.39 is 12.1 Å². The van der Waals surface area contributed by atoms with Gasteiger partial charge in [0, 0.05) is 12.6 Å². The van der Waals surface area contributed by atoms with E-state index in [2.05, 4.69) is 36.5 Å². The van der Waals surface area contributed by atoms with Crippen molar-refractivity contribution in [3.63, 3.8) is 0 Å². The van der Waals surface area contributed by atoms with Gasteiger partial charge in [0.2, 0.25) is 0 Å². The van der Waals surface area contributed by atoms with Gasteiger partial charge in [0.1, 0.15) is 0 Å². The second-order valence-electron chi connectivity index (χ2n) is 7.02. The van der Waals surface area contributed by atoms with Crippen molar-refractivity contribution in [2.24, 2.45) is 0 Å². The number of carboxylic acid groups (broad SMARTS) is 1. The fraction of sp³-hybridized carbons (Fsp3) is 0.208. The van der Waals surface area contributed by atoms with Crippen molar-refractivity contribution in [2.45, 2.75) is 25.5 Å². The van der Waals surface area contributed by atoms with Gasteiger partial charge in [-0.15, -0.1) is 0 Å². The average molecular weight is 375 g/mol. The molecule has 0 spiro atoms. The molecule has 0 aliphatic rings. The third-order valence-electron chi connectivity index (χ3n) is 4.81. The van der Waals surface area contributed by atoms with Crippen molar-refractivity contribution >= 4 is 5.97 Å². The Morgan fingerprint density at radius 3 is 2.04 bits per heavy atom. The van der Waals surface area contributed by atoms with Crippen LogP contribution in [-0.4, -0.2) is 28.8 Å². The topological polar surface area (TPSA) is 69.6 Å². The second-order valence-corrected chi connectivity index (χ2v) is 7.02. The van der Waals surface area contributed by atoms with Crippen LogP contribution < -0.4 is 5.32 Å². The van der Waals surface area contributed by atoms with Crippen LogP contribution in [0.5, 0.6) is 0 Å². The van der Waals surface area contributed by atoms with E-state index in [-0.39, 0.29) is 11.6 Å². The molecule has 0 saturated carbocycles. The van der Waals surface area contributed by atoms with E-state index >= 15 is 0 Å². The lowest BCUT2D eigenvalue weighted by atomic mass is 10.00. The molecule has 0 heterocycles. The molecular formula is C24H25NO3. The zero-order chi connectivity index (χ0) is 19.9. The maximum atomic E-state index is 11.0. The fourth-order valence-electron chi connectivity index (χ4n) is 3.17. The Hall–Kier alpha value is -2.95.